The molecule has 0 fully saturated rings. The molecule has 9 heteroatoms. The molecule has 0 aliphatic rings. The average molecular weight is 710 g/mol. The summed E-state index contributed by atoms with van der Waals surface area (Å²) >= 11 is 0. The third-order valence-electron chi connectivity index (χ3n) is 6.02. The van der Waals surface area contributed by atoms with E-state index < -0.39 is 0 Å². The molecular weight excluding hydrogens is 667 g/mol. The van der Waals surface area contributed by atoms with Crippen molar-refractivity contribution >= 4 is 0 Å². The Kier molecular flexibility index (Phi) is 9.82. The first-order chi connectivity index (χ1) is 17.4. The molecule has 0 spiro atoms. The summed E-state index contributed by atoms with van der Waals surface area (Å²) < 4.78 is 0. The van der Waals surface area contributed by atoms with Crippen LogP contribution in [0.15, 0.2) is 37.2 Å². The maximum atomic E-state index is 4.42. The smallest absolute Gasteiger partial charge is 0.573 e. The fourth-order valence-electron chi connectivity index (χ4n) is 4.32. The van der Waals surface area contributed by atoms with Crippen LogP contribution < -0.4 is 10.2 Å². The fourth-order valence-corrected chi connectivity index (χ4v) is 4.32. The molecule has 0 N–H and O–H groups in total. The van der Waals surface area contributed by atoms with Crippen LogP contribution in [0.3, 0.4) is 0 Å². The topological polar surface area (TPSA) is 106 Å². The molecule has 8 nitrogen and oxygen atoms in total. The molecular formula is C30H42N8Pt. The number of hydrogen-bond donors (Lipinski definition) is 0. The minimum absolute atomic E-state index is 0. The Hall–Kier alpha value is -2.73. The van der Waals surface area contributed by atoms with E-state index in [0.717, 1.165) is 34.2 Å². The van der Waals surface area contributed by atoms with E-state index >= 15 is 0 Å². The fraction of sp³-hybridized carbons (Fsp3) is 0.533. The molecule has 0 saturated carbocycles. The molecule has 0 aliphatic heterocycles. The summed E-state index contributed by atoms with van der Waals surface area (Å²) in [5, 5.41) is 17.6. The van der Waals surface area contributed by atoms with Gasteiger partial charge in [-0.15, -0.1) is 0 Å². The maximum Gasteiger partial charge on any atom is 2.00 e. The number of aromatic nitrogens is 8. The summed E-state index contributed by atoms with van der Waals surface area (Å²) in [4.78, 5) is 16.5. The molecule has 0 saturated heterocycles. The standard InChI is InChI=1S/2C15H21N4.Pt/c2*1-14(2,3)11-12(10-7-8-16-9-17-10)18-19-13(11)15(4,5)6;/h2*7-9H,1-6H3;/q2*-1;+2. The first-order valence-electron chi connectivity index (χ1n) is 13.0. The Labute approximate surface area is 248 Å². The van der Waals surface area contributed by atoms with Crippen molar-refractivity contribution in [1.82, 2.24) is 40.3 Å². The Morgan fingerprint density at radius 1 is 0.513 bits per heavy atom. The Morgan fingerprint density at radius 2 is 0.846 bits per heavy atom. The van der Waals surface area contributed by atoms with Gasteiger partial charge in [-0.2, -0.15) is 0 Å². The van der Waals surface area contributed by atoms with Gasteiger partial charge in [0, 0.05) is 34.6 Å². The number of nitrogens with zero attached hydrogens (tertiary/aromatic N) is 8. The van der Waals surface area contributed by atoms with Crippen molar-refractivity contribution in [3.8, 4) is 22.8 Å². The molecule has 0 aliphatic carbocycles. The first kappa shape index (κ1) is 32.5. The van der Waals surface area contributed by atoms with E-state index in [9.17, 15) is 0 Å². The van der Waals surface area contributed by atoms with E-state index in [1.807, 2.05) is 12.1 Å². The summed E-state index contributed by atoms with van der Waals surface area (Å²) in [5.74, 6) is 0. The van der Waals surface area contributed by atoms with Crippen LogP contribution in [0.2, 0.25) is 0 Å². The van der Waals surface area contributed by atoms with Crippen LogP contribution >= 0.6 is 0 Å². The predicted octanol–water partition coefficient (Wildman–Crippen LogP) is 6.18. The second kappa shape index (κ2) is 11.8. The Bertz CT molecular complexity index is 1220. The van der Waals surface area contributed by atoms with Gasteiger partial charge in [-0.05, 0) is 34.1 Å². The average Bonchev–Trinajstić information content (AvgIpc) is 3.46. The van der Waals surface area contributed by atoms with E-state index in [1.54, 1.807) is 25.0 Å². The summed E-state index contributed by atoms with van der Waals surface area (Å²) in [6, 6.07) is 3.76. The van der Waals surface area contributed by atoms with E-state index in [1.165, 1.54) is 11.1 Å². The SMILES string of the molecule is CC(C)(C)c1n[n-]c(-c2ccncn2)c1C(C)(C)C.CC(C)(C)c1n[n-]c(-c2ccncn2)c1C(C)(C)C.[Pt+2]. The molecule has 4 aromatic rings. The zero-order valence-corrected chi connectivity index (χ0v) is 27.6. The molecule has 0 unspecified atom stereocenters. The molecule has 39 heavy (non-hydrogen) atoms. The number of rotatable bonds is 2. The molecule has 212 valence electrons. The molecule has 4 rings (SSSR count). The predicted molar refractivity (Wildman–Crippen MR) is 152 cm³/mol. The zero-order valence-electron chi connectivity index (χ0n) is 25.4. The van der Waals surface area contributed by atoms with Crippen LogP contribution in [0.25, 0.3) is 22.8 Å². The number of hydrogen-bond acceptors (Lipinski definition) is 6. The third kappa shape index (κ3) is 7.69. The second-order valence-electron chi connectivity index (χ2n) is 13.7. The molecule has 4 aromatic heterocycles. The van der Waals surface area contributed by atoms with Crippen molar-refractivity contribution in [1.29, 1.82) is 0 Å². The van der Waals surface area contributed by atoms with Crippen LogP contribution in [0.1, 0.15) is 106 Å². The van der Waals surface area contributed by atoms with Gasteiger partial charge in [-0.25, -0.2) is 19.9 Å². The Balaban J connectivity index is 0.000000267. The van der Waals surface area contributed by atoms with Gasteiger partial charge in [0.2, 0.25) is 0 Å². The second-order valence-corrected chi connectivity index (χ2v) is 13.7. The zero-order chi connectivity index (χ0) is 28.5. The van der Waals surface area contributed by atoms with Crippen LogP contribution in [-0.2, 0) is 42.7 Å². The van der Waals surface area contributed by atoms with Gasteiger partial charge >= 0.3 is 21.1 Å². The van der Waals surface area contributed by atoms with Crippen molar-refractivity contribution in [2.45, 2.75) is 105 Å². The van der Waals surface area contributed by atoms with E-state index in [2.05, 4.69) is 123 Å². The largest absolute Gasteiger partial charge is 2.00 e. The van der Waals surface area contributed by atoms with Crippen molar-refractivity contribution in [3.05, 3.63) is 59.7 Å². The molecule has 0 aromatic carbocycles. The van der Waals surface area contributed by atoms with Gasteiger partial charge in [-0.3, -0.25) is 0 Å². The van der Waals surface area contributed by atoms with Crippen molar-refractivity contribution in [3.63, 3.8) is 0 Å². The van der Waals surface area contributed by atoms with Crippen molar-refractivity contribution in [2.24, 2.45) is 0 Å². The van der Waals surface area contributed by atoms with Crippen molar-refractivity contribution < 1.29 is 21.1 Å². The van der Waals surface area contributed by atoms with Crippen LogP contribution in [0, 0.1) is 0 Å². The van der Waals surface area contributed by atoms with Gasteiger partial charge in [0.05, 0.1) is 11.4 Å². The maximum absolute atomic E-state index is 4.42. The third-order valence-corrected chi connectivity index (χ3v) is 6.02. The van der Waals surface area contributed by atoms with Gasteiger partial charge < -0.3 is 20.4 Å². The van der Waals surface area contributed by atoms with Gasteiger partial charge in [0.25, 0.3) is 0 Å². The first-order valence-corrected chi connectivity index (χ1v) is 13.0. The van der Waals surface area contributed by atoms with Crippen LogP contribution in [0.5, 0.6) is 0 Å². The van der Waals surface area contributed by atoms with E-state index in [-0.39, 0.29) is 42.7 Å². The summed E-state index contributed by atoms with van der Waals surface area (Å²) in [6.45, 7) is 26.1. The molecule has 0 atom stereocenters. The Morgan fingerprint density at radius 3 is 1.08 bits per heavy atom. The van der Waals surface area contributed by atoms with E-state index in [4.69, 9.17) is 0 Å². The summed E-state index contributed by atoms with van der Waals surface area (Å²) in [6.07, 6.45) is 6.57. The minimum atomic E-state index is -0.0269. The van der Waals surface area contributed by atoms with Gasteiger partial charge in [0.1, 0.15) is 12.7 Å². The molecule has 4 heterocycles. The monoisotopic (exact) mass is 709 g/mol. The molecule has 0 amide bonds. The van der Waals surface area contributed by atoms with Crippen LogP contribution in [-0.4, -0.2) is 30.1 Å². The normalized spacial score (nSPS) is 12.4. The molecule has 0 bridgehead atoms. The molecule has 0 radical (unpaired) electrons. The summed E-state index contributed by atoms with van der Waals surface area (Å²) in [7, 11) is 0. The summed E-state index contributed by atoms with van der Waals surface area (Å²) in [5.41, 5.74) is 7.78. The van der Waals surface area contributed by atoms with Crippen LogP contribution in [0.4, 0.5) is 0 Å². The van der Waals surface area contributed by atoms with Gasteiger partial charge in [-0.1, -0.05) is 94.5 Å². The minimum Gasteiger partial charge on any atom is -0.573 e. The van der Waals surface area contributed by atoms with Crippen molar-refractivity contribution in [2.75, 3.05) is 0 Å². The quantitative estimate of drug-likeness (QED) is 0.243. The van der Waals surface area contributed by atoms with Gasteiger partial charge in [0.15, 0.2) is 0 Å². The van der Waals surface area contributed by atoms with E-state index in [0.29, 0.717) is 0 Å².